The molecule has 3 saturated carbocycles. The molecular formula is C17H25NS. The minimum atomic E-state index is 0.594. The van der Waals surface area contributed by atoms with Crippen LogP contribution in [0.5, 0.6) is 0 Å². The highest BCUT2D eigenvalue weighted by molar-refractivity contribution is 7.10. The van der Waals surface area contributed by atoms with E-state index in [0.29, 0.717) is 11.5 Å². The first kappa shape index (κ1) is 13.4. The second-order valence-corrected chi connectivity index (χ2v) is 7.99. The third-order valence-electron chi connectivity index (χ3n) is 5.80. The molecular weight excluding hydrogens is 250 g/mol. The molecule has 0 amide bonds. The van der Waals surface area contributed by atoms with Gasteiger partial charge in [-0.3, -0.25) is 0 Å². The van der Waals surface area contributed by atoms with Gasteiger partial charge in [-0.15, -0.1) is 11.3 Å². The zero-order chi connectivity index (χ0) is 13.6. The lowest BCUT2D eigenvalue weighted by atomic mass is 9.45. The molecule has 3 fully saturated rings. The minimum Gasteiger partial charge on any atom is -0.309 e. The fraction of sp³-hybridized carbons (Fsp3) is 0.647. The second kappa shape index (κ2) is 4.75. The van der Waals surface area contributed by atoms with E-state index in [4.69, 9.17) is 0 Å². The fourth-order valence-electron chi connectivity index (χ4n) is 4.25. The second-order valence-electron chi connectivity index (χ2n) is 6.99. The van der Waals surface area contributed by atoms with Crippen LogP contribution in [-0.4, -0.2) is 6.04 Å². The van der Waals surface area contributed by atoms with Crippen LogP contribution in [0.2, 0.25) is 0 Å². The van der Waals surface area contributed by atoms with Gasteiger partial charge in [-0.25, -0.2) is 0 Å². The van der Waals surface area contributed by atoms with E-state index < -0.39 is 0 Å². The number of nitrogens with one attached hydrogen (secondary N) is 1. The Labute approximate surface area is 121 Å². The van der Waals surface area contributed by atoms with Crippen molar-refractivity contribution < 1.29 is 0 Å². The van der Waals surface area contributed by atoms with Gasteiger partial charge in [0.15, 0.2) is 0 Å². The first-order chi connectivity index (χ1) is 9.02. The molecule has 104 valence electrons. The molecule has 2 bridgehead atoms. The third-order valence-corrected chi connectivity index (χ3v) is 6.76. The molecule has 1 nitrogen and oxygen atoms in total. The van der Waals surface area contributed by atoms with E-state index in [1.54, 1.807) is 0 Å². The smallest absolute Gasteiger partial charge is 0.0302 e. The highest BCUT2D eigenvalue weighted by Crippen LogP contribution is 2.61. The molecule has 2 heteroatoms. The number of hydrogen-bond acceptors (Lipinski definition) is 2. The molecule has 4 rings (SSSR count). The molecule has 0 aliphatic heterocycles. The minimum absolute atomic E-state index is 0.594. The normalized spacial score (nSPS) is 35.7. The van der Waals surface area contributed by atoms with Crippen LogP contribution in [-0.2, 0) is 6.54 Å². The maximum absolute atomic E-state index is 3.82. The highest BCUT2D eigenvalue weighted by Gasteiger charge is 2.55. The molecule has 1 N–H and O–H groups in total. The summed E-state index contributed by atoms with van der Waals surface area (Å²) in [5, 5.41) is 5.99. The summed E-state index contributed by atoms with van der Waals surface area (Å²) in [6, 6.07) is 2.97. The van der Waals surface area contributed by atoms with E-state index in [-0.39, 0.29) is 0 Å². The molecule has 3 aliphatic rings. The molecule has 1 heterocycles. The van der Waals surface area contributed by atoms with Crippen molar-refractivity contribution in [3.63, 3.8) is 0 Å². The van der Waals surface area contributed by atoms with Crippen LogP contribution >= 0.6 is 11.3 Å². The van der Waals surface area contributed by atoms with Crippen molar-refractivity contribution in [2.75, 3.05) is 0 Å². The van der Waals surface area contributed by atoms with Gasteiger partial charge in [0.1, 0.15) is 0 Å². The Hall–Kier alpha value is -0.600. The van der Waals surface area contributed by atoms with Gasteiger partial charge in [-0.2, -0.15) is 0 Å². The van der Waals surface area contributed by atoms with Gasteiger partial charge in [0.25, 0.3) is 0 Å². The molecule has 19 heavy (non-hydrogen) atoms. The van der Waals surface area contributed by atoms with E-state index in [1.165, 1.54) is 23.3 Å². The van der Waals surface area contributed by atoms with Crippen LogP contribution in [0.4, 0.5) is 0 Å². The van der Waals surface area contributed by atoms with Crippen LogP contribution < -0.4 is 5.32 Å². The number of hydrogen-bond donors (Lipinski definition) is 1. The van der Waals surface area contributed by atoms with E-state index >= 15 is 0 Å². The molecule has 4 unspecified atom stereocenters. The lowest BCUT2D eigenvalue weighted by Gasteiger charge is -2.62. The first-order valence-corrected chi connectivity index (χ1v) is 8.33. The van der Waals surface area contributed by atoms with Gasteiger partial charge in [-0.1, -0.05) is 33.4 Å². The molecule has 1 aromatic rings. The van der Waals surface area contributed by atoms with E-state index in [2.05, 4.69) is 44.1 Å². The summed E-state index contributed by atoms with van der Waals surface area (Å²) >= 11 is 1.84. The van der Waals surface area contributed by atoms with Crippen molar-refractivity contribution in [1.82, 2.24) is 5.32 Å². The van der Waals surface area contributed by atoms with Crippen molar-refractivity contribution in [3.05, 3.63) is 28.5 Å². The van der Waals surface area contributed by atoms with Crippen LogP contribution in [0, 0.1) is 23.2 Å². The van der Waals surface area contributed by atoms with E-state index in [1.807, 2.05) is 17.4 Å². The molecule has 3 aliphatic carbocycles. The van der Waals surface area contributed by atoms with Crippen molar-refractivity contribution in [2.24, 2.45) is 23.2 Å². The highest BCUT2D eigenvalue weighted by atomic mass is 32.1. The van der Waals surface area contributed by atoms with Crippen molar-refractivity contribution in [2.45, 2.75) is 46.2 Å². The maximum atomic E-state index is 3.82. The molecule has 1 aromatic heterocycles. The largest absolute Gasteiger partial charge is 0.309 e. The van der Waals surface area contributed by atoms with Gasteiger partial charge >= 0.3 is 0 Å². The maximum Gasteiger partial charge on any atom is 0.0302 e. The molecule has 0 spiro atoms. The monoisotopic (exact) mass is 275 g/mol. The Morgan fingerprint density at radius 1 is 1.47 bits per heavy atom. The predicted octanol–water partition coefficient (Wildman–Crippen LogP) is 4.55. The quantitative estimate of drug-likeness (QED) is 0.850. The average molecular weight is 275 g/mol. The summed E-state index contributed by atoms with van der Waals surface area (Å²) in [7, 11) is 0. The molecule has 0 aromatic carbocycles. The Morgan fingerprint density at radius 2 is 2.26 bits per heavy atom. The Kier molecular flexibility index (Phi) is 3.34. The number of fused-ring (bicyclic) bond motifs is 2. The van der Waals surface area contributed by atoms with Gasteiger partial charge in [0.2, 0.25) is 0 Å². The summed E-state index contributed by atoms with van der Waals surface area (Å²) in [5.41, 5.74) is 1.85. The van der Waals surface area contributed by atoms with Gasteiger partial charge < -0.3 is 5.32 Å². The molecule has 0 saturated heterocycles. The van der Waals surface area contributed by atoms with E-state index in [9.17, 15) is 0 Å². The van der Waals surface area contributed by atoms with Crippen molar-refractivity contribution in [3.8, 4) is 0 Å². The standard InChI is InChI=1S/C17H25NS/c1-5-12-6-14(19-10-12)9-18-16-8-13-7-15(11(16)2)17(13,3)4/h5-6,10-11,13,15-16,18H,1,7-9H2,2-4H3. The summed E-state index contributed by atoms with van der Waals surface area (Å²) in [6.07, 6.45) is 4.76. The third kappa shape index (κ3) is 2.19. The van der Waals surface area contributed by atoms with Crippen molar-refractivity contribution >= 4 is 17.4 Å². The lowest BCUT2D eigenvalue weighted by Crippen LogP contribution is -2.59. The molecule has 4 atom stereocenters. The Bertz CT molecular complexity index is 473. The first-order valence-electron chi connectivity index (χ1n) is 7.45. The van der Waals surface area contributed by atoms with Gasteiger partial charge in [0, 0.05) is 17.5 Å². The van der Waals surface area contributed by atoms with E-state index in [0.717, 1.165) is 24.3 Å². The summed E-state index contributed by atoms with van der Waals surface area (Å²) < 4.78 is 0. The van der Waals surface area contributed by atoms with Crippen LogP contribution in [0.3, 0.4) is 0 Å². The lowest BCUT2D eigenvalue weighted by molar-refractivity contribution is -0.115. The predicted molar refractivity (Wildman–Crippen MR) is 84.2 cm³/mol. The summed E-state index contributed by atoms with van der Waals surface area (Å²) in [5.74, 6) is 2.69. The Balaban J connectivity index is 1.58. The van der Waals surface area contributed by atoms with Crippen molar-refractivity contribution in [1.29, 1.82) is 0 Å². The SMILES string of the molecule is C=Cc1csc(CNC2CC3CC(C2C)C3(C)C)c1. The topological polar surface area (TPSA) is 12.0 Å². The zero-order valence-corrected chi connectivity index (χ0v) is 13.1. The number of rotatable bonds is 4. The van der Waals surface area contributed by atoms with Crippen LogP contribution in [0.25, 0.3) is 6.08 Å². The summed E-state index contributed by atoms with van der Waals surface area (Å²) in [6.45, 7) is 12.2. The van der Waals surface area contributed by atoms with Crippen LogP contribution in [0.1, 0.15) is 44.1 Å². The fourth-order valence-corrected chi connectivity index (χ4v) is 5.07. The Morgan fingerprint density at radius 3 is 2.84 bits per heavy atom. The van der Waals surface area contributed by atoms with Gasteiger partial charge in [-0.05, 0) is 53.0 Å². The van der Waals surface area contributed by atoms with Crippen LogP contribution in [0.15, 0.2) is 18.0 Å². The average Bonchev–Trinajstić information content (AvgIpc) is 2.84. The van der Waals surface area contributed by atoms with Gasteiger partial charge in [0.05, 0.1) is 0 Å². The molecule has 0 radical (unpaired) electrons. The summed E-state index contributed by atoms with van der Waals surface area (Å²) in [4.78, 5) is 1.43. The number of thiophene rings is 1. The zero-order valence-electron chi connectivity index (χ0n) is 12.3.